The van der Waals surface area contributed by atoms with Gasteiger partial charge in [0.25, 0.3) is 0 Å². The van der Waals surface area contributed by atoms with E-state index in [1.165, 1.54) is 0 Å². The third-order valence-corrected chi connectivity index (χ3v) is 2.70. The van der Waals surface area contributed by atoms with Crippen molar-refractivity contribution in [2.24, 2.45) is 0 Å². The van der Waals surface area contributed by atoms with Crippen LogP contribution in [0.25, 0.3) is 0 Å². The third kappa shape index (κ3) is 2.52. The monoisotopic (exact) mass is 255 g/mol. The molecule has 1 aromatic carbocycles. The SMILES string of the molecule is CC(C)(C)n1nc(Nc2ccccc2)c(C#N)c1N. The van der Waals surface area contributed by atoms with Crippen molar-refractivity contribution in [3.63, 3.8) is 0 Å². The molecule has 0 saturated carbocycles. The molecule has 0 aliphatic carbocycles. The highest BCUT2D eigenvalue weighted by Crippen LogP contribution is 2.28. The molecule has 0 radical (unpaired) electrons. The van der Waals surface area contributed by atoms with Gasteiger partial charge in [-0.05, 0) is 32.9 Å². The van der Waals surface area contributed by atoms with Crippen LogP contribution in [0.15, 0.2) is 30.3 Å². The lowest BCUT2D eigenvalue weighted by molar-refractivity contribution is 0.362. The predicted octanol–water partition coefficient (Wildman–Crippen LogP) is 2.84. The Kier molecular flexibility index (Phi) is 3.17. The summed E-state index contributed by atoms with van der Waals surface area (Å²) in [4.78, 5) is 0. The standard InChI is InChI=1S/C14H17N5/c1-14(2,3)19-12(16)11(9-15)13(18-19)17-10-7-5-4-6-8-10/h4-8H,16H2,1-3H3,(H,17,18). The smallest absolute Gasteiger partial charge is 0.172 e. The molecule has 1 heterocycles. The van der Waals surface area contributed by atoms with Crippen molar-refractivity contribution in [3.8, 4) is 6.07 Å². The number of hydrogen-bond donors (Lipinski definition) is 2. The Labute approximate surface area is 112 Å². The molecular formula is C14H17N5. The third-order valence-electron chi connectivity index (χ3n) is 2.70. The van der Waals surface area contributed by atoms with Gasteiger partial charge in [-0.3, -0.25) is 0 Å². The van der Waals surface area contributed by atoms with Gasteiger partial charge in [-0.15, -0.1) is 0 Å². The summed E-state index contributed by atoms with van der Waals surface area (Å²) in [6.45, 7) is 5.97. The first-order chi connectivity index (χ1) is 8.93. The maximum atomic E-state index is 9.23. The van der Waals surface area contributed by atoms with E-state index in [9.17, 15) is 5.26 Å². The summed E-state index contributed by atoms with van der Waals surface area (Å²) < 4.78 is 1.66. The van der Waals surface area contributed by atoms with Gasteiger partial charge in [-0.2, -0.15) is 10.4 Å². The maximum Gasteiger partial charge on any atom is 0.172 e. The summed E-state index contributed by atoms with van der Waals surface area (Å²) in [7, 11) is 0. The minimum Gasteiger partial charge on any atom is -0.383 e. The molecule has 98 valence electrons. The van der Waals surface area contributed by atoms with Crippen LogP contribution < -0.4 is 11.1 Å². The molecule has 1 aromatic heterocycles. The van der Waals surface area contributed by atoms with Crippen molar-refractivity contribution in [1.82, 2.24) is 9.78 Å². The van der Waals surface area contributed by atoms with E-state index in [2.05, 4.69) is 16.5 Å². The lowest BCUT2D eigenvalue weighted by atomic mass is 10.1. The lowest BCUT2D eigenvalue weighted by Crippen LogP contribution is -2.24. The fourth-order valence-corrected chi connectivity index (χ4v) is 1.80. The highest BCUT2D eigenvalue weighted by Gasteiger charge is 2.23. The van der Waals surface area contributed by atoms with Crippen molar-refractivity contribution in [2.45, 2.75) is 26.3 Å². The molecule has 5 heteroatoms. The van der Waals surface area contributed by atoms with E-state index in [0.29, 0.717) is 17.2 Å². The Morgan fingerprint density at radius 1 is 1.26 bits per heavy atom. The fraction of sp³-hybridized carbons (Fsp3) is 0.286. The van der Waals surface area contributed by atoms with E-state index < -0.39 is 0 Å². The molecule has 0 atom stereocenters. The first-order valence-electron chi connectivity index (χ1n) is 6.04. The minimum absolute atomic E-state index is 0.272. The van der Waals surface area contributed by atoms with Crippen LogP contribution >= 0.6 is 0 Å². The quantitative estimate of drug-likeness (QED) is 0.864. The lowest BCUT2D eigenvalue weighted by Gasteiger charge is -2.20. The maximum absolute atomic E-state index is 9.23. The Bertz CT molecular complexity index is 614. The molecule has 0 amide bonds. The van der Waals surface area contributed by atoms with Crippen LogP contribution in [0.1, 0.15) is 26.3 Å². The number of nitrogens with two attached hydrogens (primary N) is 1. The molecule has 0 bridgehead atoms. The van der Waals surface area contributed by atoms with Gasteiger partial charge in [0.1, 0.15) is 17.5 Å². The molecule has 0 spiro atoms. The summed E-state index contributed by atoms with van der Waals surface area (Å²) in [5.41, 5.74) is 6.97. The summed E-state index contributed by atoms with van der Waals surface area (Å²) >= 11 is 0. The van der Waals surface area contributed by atoms with Crippen LogP contribution in [0.2, 0.25) is 0 Å². The first kappa shape index (κ1) is 13.0. The highest BCUT2D eigenvalue weighted by molar-refractivity contribution is 5.69. The Hall–Kier alpha value is -2.48. The molecule has 19 heavy (non-hydrogen) atoms. The number of nitriles is 1. The molecular weight excluding hydrogens is 238 g/mol. The first-order valence-corrected chi connectivity index (χ1v) is 6.04. The van der Waals surface area contributed by atoms with Crippen molar-refractivity contribution in [2.75, 3.05) is 11.1 Å². The molecule has 3 N–H and O–H groups in total. The van der Waals surface area contributed by atoms with Crippen LogP contribution in [0.5, 0.6) is 0 Å². The molecule has 0 aliphatic heterocycles. The minimum atomic E-state index is -0.272. The van der Waals surface area contributed by atoms with Gasteiger partial charge in [0.2, 0.25) is 0 Å². The van der Waals surface area contributed by atoms with Gasteiger partial charge < -0.3 is 11.1 Å². The average Bonchev–Trinajstić information content (AvgIpc) is 2.67. The summed E-state index contributed by atoms with van der Waals surface area (Å²) in [5.74, 6) is 0.870. The largest absolute Gasteiger partial charge is 0.383 e. The number of para-hydroxylation sites is 1. The van der Waals surface area contributed by atoms with Gasteiger partial charge in [0.15, 0.2) is 5.82 Å². The zero-order valence-corrected chi connectivity index (χ0v) is 11.3. The fourth-order valence-electron chi connectivity index (χ4n) is 1.80. The van der Waals surface area contributed by atoms with Gasteiger partial charge in [0.05, 0.1) is 5.54 Å². The Morgan fingerprint density at radius 3 is 2.42 bits per heavy atom. The number of rotatable bonds is 2. The van der Waals surface area contributed by atoms with E-state index >= 15 is 0 Å². The van der Waals surface area contributed by atoms with Crippen LogP contribution in [0.3, 0.4) is 0 Å². The number of anilines is 3. The number of nitrogen functional groups attached to an aromatic ring is 1. The summed E-state index contributed by atoms with van der Waals surface area (Å²) in [6.07, 6.45) is 0. The zero-order chi connectivity index (χ0) is 14.0. The number of nitrogens with one attached hydrogen (secondary N) is 1. The van der Waals surface area contributed by atoms with Gasteiger partial charge in [0, 0.05) is 5.69 Å². The molecule has 0 unspecified atom stereocenters. The van der Waals surface area contributed by atoms with Crippen LogP contribution in [-0.2, 0) is 5.54 Å². The second-order valence-corrected chi connectivity index (χ2v) is 5.29. The van der Waals surface area contributed by atoms with E-state index in [1.807, 2.05) is 51.1 Å². The number of benzene rings is 1. The van der Waals surface area contributed by atoms with E-state index in [4.69, 9.17) is 5.73 Å². The topological polar surface area (TPSA) is 79.7 Å². The van der Waals surface area contributed by atoms with Gasteiger partial charge in [-0.1, -0.05) is 18.2 Å². The van der Waals surface area contributed by atoms with Gasteiger partial charge in [-0.25, -0.2) is 4.68 Å². The second-order valence-electron chi connectivity index (χ2n) is 5.29. The summed E-state index contributed by atoms with van der Waals surface area (Å²) in [6, 6.07) is 11.7. The normalized spacial score (nSPS) is 11.1. The molecule has 0 fully saturated rings. The average molecular weight is 255 g/mol. The second kappa shape index (κ2) is 4.65. The van der Waals surface area contributed by atoms with E-state index in [1.54, 1.807) is 4.68 Å². The number of nitrogens with zero attached hydrogens (tertiary/aromatic N) is 3. The highest BCUT2D eigenvalue weighted by atomic mass is 15.4. The van der Waals surface area contributed by atoms with E-state index in [0.717, 1.165) is 5.69 Å². The van der Waals surface area contributed by atoms with Crippen molar-refractivity contribution in [1.29, 1.82) is 5.26 Å². The van der Waals surface area contributed by atoms with E-state index in [-0.39, 0.29) is 5.54 Å². The molecule has 0 saturated heterocycles. The van der Waals surface area contributed by atoms with Gasteiger partial charge >= 0.3 is 0 Å². The number of hydrogen-bond acceptors (Lipinski definition) is 4. The van der Waals surface area contributed by atoms with Crippen LogP contribution in [0.4, 0.5) is 17.3 Å². The predicted molar refractivity (Wildman–Crippen MR) is 76.1 cm³/mol. The van der Waals surface area contributed by atoms with Crippen LogP contribution in [-0.4, -0.2) is 9.78 Å². The van der Waals surface area contributed by atoms with Crippen molar-refractivity contribution >= 4 is 17.3 Å². The number of aromatic nitrogens is 2. The van der Waals surface area contributed by atoms with Crippen molar-refractivity contribution < 1.29 is 0 Å². The molecule has 5 nitrogen and oxygen atoms in total. The Morgan fingerprint density at radius 2 is 1.89 bits per heavy atom. The summed E-state index contributed by atoms with van der Waals surface area (Å²) in [5, 5.41) is 16.8. The zero-order valence-electron chi connectivity index (χ0n) is 11.3. The Balaban J connectivity index is 2.45. The molecule has 0 aliphatic rings. The molecule has 2 rings (SSSR count). The van der Waals surface area contributed by atoms with Crippen LogP contribution in [0, 0.1) is 11.3 Å². The van der Waals surface area contributed by atoms with Crippen molar-refractivity contribution in [3.05, 3.63) is 35.9 Å². The molecule has 2 aromatic rings.